The van der Waals surface area contributed by atoms with Crippen molar-refractivity contribution in [1.29, 1.82) is 0 Å². The van der Waals surface area contributed by atoms with E-state index in [4.69, 9.17) is 0 Å². The molecule has 2 aromatic heterocycles. The van der Waals surface area contributed by atoms with Gasteiger partial charge in [0, 0.05) is 34.5 Å². The van der Waals surface area contributed by atoms with Crippen LogP contribution in [0.2, 0.25) is 0 Å². The molecule has 6 heteroatoms. The third kappa shape index (κ3) is 3.87. The van der Waals surface area contributed by atoms with Crippen LogP contribution in [0.1, 0.15) is 20.3 Å². The van der Waals surface area contributed by atoms with Gasteiger partial charge in [0.15, 0.2) is 5.65 Å². The van der Waals surface area contributed by atoms with Gasteiger partial charge in [-0.25, -0.2) is 4.98 Å². The highest BCUT2D eigenvalue weighted by atomic mass is 79.9. The molecule has 0 atom stereocenters. The van der Waals surface area contributed by atoms with Crippen LogP contribution in [-0.2, 0) is 4.79 Å². The number of carbonyl (C=O) groups is 1. The Kier molecular flexibility index (Phi) is 5.06. The first-order valence-electron chi connectivity index (χ1n) is 7.66. The maximum atomic E-state index is 12.0. The summed E-state index contributed by atoms with van der Waals surface area (Å²) in [5.74, 6) is 0.367. The van der Waals surface area contributed by atoms with Crippen molar-refractivity contribution in [3.63, 3.8) is 0 Å². The Morgan fingerprint density at radius 2 is 2.04 bits per heavy atom. The number of amides is 1. The van der Waals surface area contributed by atoms with E-state index in [-0.39, 0.29) is 5.91 Å². The van der Waals surface area contributed by atoms with Crippen molar-refractivity contribution in [3.8, 4) is 11.3 Å². The number of carbonyl (C=O) groups excluding carboxylic acids is 1. The molecule has 24 heavy (non-hydrogen) atoms. The monoisotopic (exact) mass is 449 g/mol. The molecule has 0 saturated heterocycles. The second-order valence-electron chi connectivity index (χ2n) is 6.09. The van der Waals surface area contributed by atoms with Crippen LogP contribution in [0.4, 0.5) is 5.69 Å². The molecular weight excluding hydrogens is 434 g/mol. The summed E-state index contributed by atoms with van der Waals surface area (Å²) < 4.78 is 3.86. The summed E-state index contributed by atoms with van der Waals surface area (Å²) >= 11 is 7.01. The van der Waals surface area contributed by atoms with Gasteiger partial charge in [0.25, 0.3) is 0 Å². The first-order chi connectivity index (χ1) is 11.4. The number of benzene rings is 1. The minimum atomic E-state index is 0.0313. The minimum Gasteiger partial charge on any atom is -0.326 e. The molecule has 0 fully saturated rings. The van der Waals surface area contributed by atoms with Crippen LogP contribution >= 0.6 is 31.9 Å². The van der Waals surface area contributed by atoms with Gasteiger partial charge in [-0.1, -0.05) is 26.0 Å². The highest BCUT2D eigenvalue weighted by molar-refractivity contribution is 9.11. The Morgan fingerprint density at radius 3 is 2.79 bits per heavy atom. The number of rotatable bonds is 4. The van der Waals surface area contributed by atoms with Gasteiger partial charge in [-0.3, -0.25) is 4.79 Å². The summed E-state index contributed by atoms with van der Waals surface area (Å²) in [5, 5.41) is 2.95. The molecule has 4 nitrogen and oxygen atoms in total. The van der Waals surface area contributed by atoms with E-state index in [1.54, 1.807) is 0 Å². The molecule has 1 amide bonds. The second-order valence-corrected chi connectivity index (χ2v) is 7.86. The molecule has 0 spiro atoms. The summed E-state index contributed by atoms with van der Waals surface area (Å²) in [4.78, 5) is 16.6. The van der Waals surface area contributed by atoms with Crippen LogP contribution < -0.4 is 5.32 Å². The number of halogens is 2. The highest BCUT2D eigenvalue weighted by Crippen LogP contribution is 2.27. The van der Waals surface area contributed by atoms with Crippen LogP contribution in [0, 0.1) is 5.92 Å². The third-order valence-electron chi connectivity index (χ3n) is 3.51. The van der Waals surface area contributed by atoms with E-state index in [1.807, 2.05) is 61.0 Å². The fraction of sp³-hybridized carbons (Fsp3) is 0.222. The summed E-state index contributed by atoms with van der Waals surface area (Å²) in [6.45, 7) is 4.06. The van der Waals surface area contributed by atoms with E-state index >= 15 is 0 Å². The first-order valence-corrected chi connectivity index (χ1v) is 9.25. The van der Waals surface area contributed by atoms with Gasteiger partial charge < -0.3 is 9.72 Å². The standard InChI is InChI=1S/C18H17Br2N3O/c1-11(2)6-17(24)21-14-5-3-4-12(7-14)16-10-23-9-13(19)8-15(20)18(23)22-16/h3-5,7-11H,6H2,1-2H3,(H,21,24). The Hall–Kier alpha value is -1.66. The zero-order chi connectivity index (χ0) is 17.3. The lowest BCUT2D eigenvalue weighted by atomic mass is 10.1. The number of pyridine rings is 1. The van der Waals surface area contributed by atoms with Crippen molar-refractivity contribution in [2.75, 3.05) is 5.32 Å². The SMILES string of the molecule is CC(C)CC(=O)Nc1cccc(-c2cn3cc(Br)cc(Br)c3n2)c1. The Bertz CT molecular complexity index is 902. The molecular formula is C18H17Br2N3O. The predicted molar refractivity (Wildman–Crippen MR) is 104 cm³/mol. The topological polar surface area (TPSA) is 46.4 Å². The molecule has 3 rings (SSSR count). The average molecular weight is 451 g/mol. The lowest BCUT2D eigenvalue weighted by Gasteiger charge is -2.08. The fourth-order valence-corrected chi connectivity index (χ4v) is 3.80. The maximum absolute atomic E-state index is 12.0. The van der Waals surface area contributed by atoms with Gasteiger partial charge >= 0.3 is 0 Å². The van der Waals surface area contributed by atoms with Crippen LogP contribution in [0.5, 0.6) is 0 Å². The minimum absolute atomic E-state index is 0.0313. The van der Waals surface area contributed by atoms with Gasteiger partial charge in [0.2, 0.25) is 5.91 Å². The maximum Gasteiger partial charge on any atom is 0.224 e. The second kappa shape index (κ2) is 7.07. The molecule has 3 aromatic rings. The molecule has 0 radical (unpaired) electrons. The Balaban J connectivity index is 1.91. The van der Waals surface area contributed by atoms with E-state index in [9.17, 15) is 4.79 Å². The third-order valence-corrected chi connectivity index (χ3v) is 4.53. The molecule has 0 aliphatic carbocycles. The number of fused-ring (bicyclic) bond motifs is 1. The molecule has 2 heterocycles. The van der Waals surface area contributed by atoms with Crippen molar-refractivity contribution in [2.24, 2.45) is 5.92 Å². The van der Waals surface area contributed by atoms with E-state index in [2.05, 4.69) is 42.2 Å². The number of aromatic nitrogens is 2. The summed E-state index contributed by atoms with van der Waals surface area (Å²) in [7, 11) is 0. The number of nitrogens with one attached hydrogen (secondary N) is 1. The van der Waals surface area contributed by atoms with Gasteiger partial charge in [-0.05, 0) is 56.0 Å². The molecule has 1 N–H and O–H groups in total. The van der Waals surface area contributed by atoms with Crippen LogP contribution in [0.3, 0.4) is 0 Å². The molecule has 0 saturated carbocycles. The number of hydrogen-bond acceptors (Lipinski definition) is 2. The van der Waals surface area contributed by atoms with E-state index in [1.165, 1.54) is 0 Å². The Morgan fingerprint density at radius 1 is 1.25 bits per heavy atom. The van der Waals surface area contributed by atoms with Crippen LogP contribution in [-0.4, -0.2) is 15.3 Å². The normalized spacial score (nSPS) is 11.2. The van der Waals surface area contributed by atoms with Crippen molar-refractivity contribution in [1.82, 2.24) is 9.38 Å². The van der Waals surface area contributed by atoms with Crippen molar-refractivity contribution < 1.29 is 4.79 Å². The number of imidazole rings is 1. The van der Waals surface area contributed by atoms with Crippen molar-refractivity contribution in [2.45, 2.75) is 20.3 Å². The molecule has 0 aliphatic rings. The summed E-state index contributed by atoms with van der Waals surface area (Å²) in [6.07, 6.45) is 4.45. The molecule has 0 unspecified atom stereocenters. The number of anilines is 1. The molecule has 0 bridgehead atoms. The predicted octanol–water partition coefficient (Wildman–Crippen LogP) is 5.51. The smallest absolute Gasteiger partial charge is 0.224 e. The molecule has 0 aliphatic heterocycles. The van der Waals surface area contributed by atoms with E-state index < -0.39 is 0 Å². The number of hydrogen-bond donors (Lipinski definition) is 1. The van der Waals surface area contributed by atoms with Crippen LogP contribution in [0.15, 0.2) is 51.7 Å². The molecule has 1 aromatic carbocycles. The first kappa shape index (κ1) is 17.2. The quantitative estimate of drug-likeness (QED) is 0.569. The largest absolute Gasteiger partial charge is 0.326 e. The van der Waals surface area contributed by atoms with Gasteiger partial charge in [-0.15, -0.1) is 0 Å². The zero-order valence-electron chi connectivity index (χ0n) is 13.4. The zero-order valence-corrected chi connectivity index (χ0v) is 16.6. The van der Waals surface area contributed by atoms with Crippen LogP contribution in [0.25, 0.3) is 16.9 Å². The van der Waals surface area contributed by atoms with Gasteiger partial charge in [0.05, 0.1) is 10.2 Å². The van der Waals surface area contributed by atoms with Crippen molar-refractivity contribution in [3.05, 3.63) is 51.7 Å². The average Bonchev–Trinajstić information content (AvgIpc) is 2.90. The Labute approximate surface area is 157 Å². The summed E-state index contributed by atoms with van der Waals surface area (Å²) in [6, 6.07) is 9.72. The van der Waals surface area contributed by atoms with E-state index in [0.717, 1.165) is 31.5 Å². The van der Waals surface area contributed by atoms with Crippen molar-refractivity contribution >= 4 is 49.1 Å². The van der Waals surface area contributed by atoms with Gasteiger partial charge in [0.1, 0.15) is 0 Å². The summed E-state index contributed by atoms with van der Waals surface area (Å²) in [5.41, 5.74) is 3.45. The number of nitrogens with zero attached hydrogens (tertiary/aromatic N) is 2. The fourth-order valence-electron chi connectivity index (χ4n) is 2.50. The lowest BCUT2D eigenvalue weighted by Crippen LogP contribution is -2.13. The lowest BCUT2D eigenvalue weighted by molar-refractivity contribution is -0.116. The van der Waals surface area contributed by atoms with E-state index in [0.29, 0.717) is 12.3 Å². The highest BCUT2D eigenvalue weighted by Gasteiger charge is 2.10. The molecule has 124 valence electrons. The van der Waals surface area contributed by atoms with Gasteiger partial charge in [-0.2, -0.15) is 0 Å².